The number of benzene rings is 1. The largest absolute Gasteiger partial charge is 0.309 e. The van der Waals surface area contributed by atoms with Crippen molar-refractivity contribution >= 4 is 11.3 Å². The van der Waals surface area contributed by atoms with Crippen LogP contribution < -0.4 is 5.32 Å². The SMILES string of the molecule is CCCc1nc(-c2ccccc2F)sc1CNC1CC1. The molecule has 0 amide bonds. The molecule has 2 nitrogen and oxygen atoms in total. The summed E-state index contributed by atoms with van der Waals surface area (Å²) in [6, 6.07) is 7.57. The first-order valence-corrected chi connectivity index (χ1v) is 8.06. The third kappa shape index (κ3) is 3.07. The quantitative estimate of drug-likeness (QED) is 0.864. The smallest absolute Gasteiger partial charge is 0.133 e. The van der Waals surface area contributed by atoms with Crippen molar-refractivity contribution in [1.29, 1.82) is 0 Å². The lowest BCUT2D eigenvalue weighted by Crippen LogP contribution is -2.15. The second kappa shape index (κ2) is 6.02. The van der Waals surface area contributed by atoms with Crippen LogP contribution >= 0.6 is 11.3 Å². The van der Waals surface area contributed by atoms with Gasteiger partial charge in [0.05, 0.1) is 5.69 Å². The summed E-state index contributed by atoms with van der Waals surface area (Å²) in [7, 11) is 0. The topological polar surface area (TPSA) is 24.9 Å². The molecule has 20 heavy (non-hydrogen) atoms. The Morgan fingerprint density at radius 3 is 2.85 bits per heavy atom. The zero-order chi connectivity index (χ0) is 13.9. The van der Waals surface area contributed by atoms with Crippen molar-refractivity contribution in [2.45, 2.75) is 45.2 Å². The molecule has 0 aliphatic heterocycles. The van der Waals surface area contributed by atoms with Crippen LogP contribution in [-0.2, 0) is 13.0 Å². The van der Waals surface area contributed by atoms with E-state index in [1.165, 1.54) is 23.8 Å². The Labute approximate surface area is 123 Å². The summed E-state index contributed by atoms with van der Waals surface area (Å²) in [5.41, 5.74) is 1.75. The molecular weight excluding hydrogens is 271 g/mol. The fourth-order valence-corrected chi connectivity index (χ4v) is 3.31. The molecule has 2 aromatic rings. The van der Waals surface area contributed by atoms with E-state index in [-0.39, 0.29) is 5.82 Å². The van der Waals surface area contributed by atoms with Crippen molar-refractivity contribution in [3.8, 4) is 10.6 Å². The van der Waals surface area contributed by atoms with E-state index in [0.29, 0.717) is 11.6 Å². The minimum atomic E-state index is -0.189. The second-order valence-electron chi connectivity index (χ2n) is 5.27. The lowest BCUT2D eigenvalue weighted by molar-refractivity contribution is 0.631. The van der Waals surface area contributed by atoms with Gasteiger partial charge in [-0.1, -0.05) is 25.5 Å². The minimum absolute atomic E-state index is 0.189. The lowest BCUT2D eigenvalue weighted by Gasteiger charge is -2.01. The molecule has 4 heteroatoms. The van der Waals surface area contributed by atoms with E-state index in [4.69, 9.17) is 0 Å². The summed E-state index contributed by atoms with van der Waals surface area (Å²) in [6.07, 6.45) is 4.59. The molecule has 0 saturated heterocycles. The molecule has 106 valence electrons. The van der Waals surface area contributed by atoms with Crippen molar-refractivity contribution in [2.24, 2.45) is 0 Å². The van der Waals surface area contributed by atoms with Gasteiger partial charge >= 0.3 is 0 Å². The van der Waals surface area contributed by atoms with Crippen LogP contribution in [0.15, 0.2) is 24.3 Å². The highest BCUT2D eigenvalue weighted by atomic mass is 32.1. The highest BCUT2D eigenvalue weighted by molar-refractivity contribution is 7.15. The standard InChI is InChI=1S/C16H19FN2S/c1-2-5-14-15(10-18-11-8-9-11)20-16(19-14)12-6-3-4-7-13(12)17/h3-4,6-7,11,18H,2,5,8-10H2,1H3. The van der Waals surface area contributed by atoms with Crippen molar-refractivity contribution in [3.05, 3.63) is 40.7 Å². The zero-order valence-corrected chi connectivity index (χ0v) is 12.5. The Morgan fingerprint density at radius 2 is 2.15 bits per heavy atom. The summed E-state index contributed by atoms with van der Waals surface area (Å²) in [5, 5.41) is 4.33. The number of halogens is 1. The maximum Gasteiger partial charge on any atom is 0.133 e. The number of hydrogen-bond acceptors (Lipinski definition) is 3. The van der Waals surface area contributed by atoms with Crippen molar-refractivity contribution in [2.75, 3.05) is 0 Å². The molecule has 1 aromatic heterocycles. The zero-order valence-electron chi connectivity index (χ0n) is 11.7. The first-order chi connectivity index (χ1) is 9.78. The van der Waals surface area contributed by atoms with Crippen LogP contribution in [0.4, 0.5) is 4.39 Å². The molecule has 0 atom stereocenters. The number of aryl methyl sites for hydroxylation is 1. The summed E-state index contributed by atoms with van der Waals surface area (Å²) in [4.78, 5) is 5.93. The van der Waals surface area contributed by atoms with E-state index < -0.39 is 0 Å². The highest BCUT2D eigenvalue weighted by Gasteiger charge is 2.22. The molecule has 0 radical (unpaired) electrons. The van der Waals surface area contributed by atoms with E-state index in [2.05, 4.69) is 17.2 Å². The van der Waals surface area contributed by atoms with Gasteiger partial charge in [-0.2, -0.15) is 0 Å². The predicted octanol–water partition coefficient (Wildman–Crippen LogP) is 4.15. The molecule has 0 spiro atoms. The second-order valence-corrected chi connectivity index (χ2v) is 6.36. The number of hydrogen-bond donors (Lipinski definition) is 1. The summed E-state index contributed by atoms with van der Waals surface area (Å²) < 4.78 is 13.9. The van der Waals surface area contributed by atoms with Crippen LogP contribution in [0, 0.1) is 5.82 Å². The van der Waals surface area contributed by atoms with Crippen LogP contribution in [0.5, 0.6) is 0 Å². The van der Waals surface area contributed by atoms with Crippen LogP contribution in [0.1, 0.15) is 36.8 Å². The fraction of sp³-hybridized carbons (Fsp3) is 0.438. The van der Waals surface area contributed by atoms with Crippen molar-refractivity contribution in [3.63, 3.8) is 0 Å². The fourth-order valence-electron chi connectivity index (χ4n) is 2.23. The van der Waals surface area contributed by atoms with Gasteiger partial charge in [0.15, 0.2) is 0 Å². The third-order valence-corrected chi connectivity index (χ3v) is 4.63. The third-order valence-electron chi connectivity index (χ3n) is 3.50. The summed E-state index contributed by atoms with van der Waals surface area (Å²) >= 11 is 1.62. The molecule has 1 fully saturated rings. The highest BCUT2D eigenvalue weighted by Crippen LogP contribution is 2.31. The molecule has 1 saturated carbocycles. The van der Waals surface area contributed by atoms with Gasteiger partial charge in [-0.05, 0) is 31.4 Å². The Kier molecular flexibility index (Phi) is 4.13. The van der Waals surface area contributed by atoms with E-state index in [9.17, 15) is 4.39 Å². The summed E-state index contributed by atoms with van der Waals surface area (Å²) in [6.45, 7) is 3.02. The van der Waals surface area contributed by atoms with Crippen molar-refractivity contribution in [1.82, 2.24) is 10.3 Å². The summed E-state index contributed by atoms with van der Waals surface area (Å²) in [5.74, 6) is -0.189. The molecule has 1 aliphatic rings. The normalized spacial score (nSPS) is 14.7. The van der Waals surface area contributed by atoms with Crippen LogP contribution in [-0.4, -0.2) is 11.0 Å². The molecule has 3 rings (SSSR count). The van der Waals surface area contributed by atoms with Gasteiger partial charge in [0.25, 0.3) is 0 Å². The molecule has 1 aliphatic carbocycles. The average Bonchev–Trinajstić information content (AvgIpc) is 3.19. The van der Waals surface area contributed by atoms with E-state index >= 15 is 0 Å². The van der Waals surface area contributed by atoms with E-state index in [1.54, 1.807) is 17.4 Å². The number of nitrogens with one attached hydrogen (secondary N) is 1. The van der Waals surface area contributed by atoms with Crippen LogP contribution in [0.2, 0.25) is 0 Å². The van der Waals surface area contributed by atoms with E-state index in [0.717, 1.165) is 30.1 Å². The molecule has 1 heterocycles. The van der Waals surface area contributed by atoms with Gasteiger partial charge in [-0.15, -0.1) is 11.3 Å². The van der Waals surface area contributed by atoms with Gasteiger partial charge in [0, 0.05) is 23.0 Å². The minimum Gasteiger partial charge on any atom is -0.309 e. The Bertz CT molecular complexity index is 590. The first-order valence-electron chi connectivity index (χ1n) is 7.24. The monoisotopic (exact) mass is 290 g/mol. The molecule has 1 N–H and O–H groups in total. The van der Waals surface area contributed by atoms with Gasteiger partial charge in [0.2, 0.25) is 0 Å². The molecule has 1 aromatic carbocycles. The average molecular weight is 290 g/mol. The van der Waals surface area contributed by atoms with Crippen LogP contribution in [0.3, 0.4) is 0 Å². The van der Waals surface area contributed by atoms with Crippen molar-refractivity contribution < 1.29 is 4.39 Å². The first kappa shape index (κ1) is 13.7. The Balaban J connectivity index is 1.87. The number of thiazole rings is 1. The molecule has 0 bridgehead atoms. The number of aromatic nitrogens is 1. The number of nitrogens with zero attached hydrogens (tertiary/aromatic N) is 1. The maximum atomic E-state index is 13.9. The van der Waals surface area contributed by atoms with Gasteiger partial charge < -0.3 is 5.32 Å². The predicted molar refractivity (Wildman–Crippen MR) is 81.4 cm³/mol. The van der Waals surface area contributed by atoms with E-state index in [1.807, 2.05) is 12.1 Å². The van der Waals surface area contributed by atoms with Gasteiger partial charge in [-0.3, -0.25) is 0 Å². The van der Waals surface area contributed by atoms with Gasteiger partial charge in [-0.25, -0.2) is 9.37 Å². The molecule has 0 unspecified atom stereocenters. The molecular formula is C16H19FN2S. The van der Waals surface area contributed by atoms with Gasteiger partial charge in [0.1, 0.15) is 10.8 Å². The van der Waals surface area contributed by atoms with Crippen LogP contribution in [0.25, 0.3) is 10.6 Å². The Hall–Kier alpha value is -1.26. The lowest BCUT2D eigenvalue weighted by atomic mass is 10.2. The maximum absolute atomic E-state index is 13.9. The Morgan fingerprint density at radius 1 is 1.35 bits per heavy atom. The number of rotatable bonds is 6.